The molecule has 0 saturated carbocycles. The minimum atomic E-state index is 0.198. The van der Waals surface area contributed by atoms with E-state index in [2.05, 4.69) is 6.92 Å². The summed E-state index contributed by atoms with van der Waals surface area (Å²) in [6.45, 7) is 2.46. The summed E-state index contributed by atoms with van der Waals surface area (Å²) in [5.41, 5.74) is 5.75. The number of aliphatic hydroxyl groups excluding tert-OH is 1. The molecule has 103 valence electrons. The molecule has 0 aromatic rings. The number of hydrogen-bond donors (Lipinski definition) is 2. The zero-order chi connectivity index (χ0) is 12.8. The summed E-state index contributed by atoms with van der Waals surface area (Å²) in [6.07, 6.45) is 15.3. The van der Waals surface area contributed by atoms with Gasteiger partial charge in [0.05, 0.1) is 0 Å². The second-order valence-electron chi connectivity index (χ2n) is 5.06. The summed E-state index contributed by atoms with van der Waals surface area (Å²) in [5.74, 6) is 0. The van der Waals surface area contributed by atoms with E-state index in [1.165, 1.54) is 64.2 Å². The lowest BCUT2D eigenvalue weighted by Crippen LogP contribution is -2.11. The monoisotopic (exact) mass is 242 g/mol. The van der Waals surface area contributed by atoms with Gasteiger partial charge in [0.25, 0.3) is 0 Å². The molecule has 0 unspecified atom stereocenters. The van der Waals surface area contributed by atoms with Crippen molar-refractivity contribution in [2.75, 3.05) is 6.61 Å². The Morgan fingerprint density at radius 1 is 0.765 bits per heavy atom. The van der Waals surface area contributed by atoms with Gasteiger partial charge in [0.15, 0.2) is 0 Å². The van der Waals surface area contributed by atoms with Crippen LogP contribution in [0.25, 0.3) is 0 Å². The van der Waals surface area contributed by atoms with Crippen LogP contribution in [0.15, 0.2) is 0 Å². The molecule has 0 aliphatic rings. The van der Waals surface area contributed by atoms with E-state index in [9.17, 15) is 0 Å². The minimum absolute atomic E-state index is 0.198. The van der Waals surface area contributed by atoms with Gasteiger partial charge in [-0.3, -0.25) is 0 Å². The summed E-state index contributed by atoms with van der Waals surface area (Å²) in [7, 11) is 0. The molecule has 0 aromatic heterocycles. The maximum Gasteiger partial charge on any atom is 0.0449 e. The molecule has 0 aliphatic carbocycles. The molecule has 3 N–H and O–H groups in total. The van der Waals surface area contributed by atoms with Crippen LogP contribution in [0.4, 0.5) is 0 Å². The molecule has 0 fully saturated rings. The largest absolute Gasteiger partial charge is 0.396 e. The summed E-state index contributed by atoms with van der Waals surface area (Å²) < 4.78 is 0. The van der Waals surface area contributed by atoms with E-state index in [1.54, 1.807) is 0 Å². The SMILES string of the molecule is CCCCCCCCCCCC[C](N)CCO. The Morgan fingerprint density at radius 2 is 1.24 bits per heavy atom. The Balaban J connectivity index is 2.98. The van der Waals surface area contributed by atoms with Crippen LogP contribution in [0.5, 0.6) is 0 Å². The van der Waals surface area contributed by atoms with Crippen molar-refractivity contribution in [1.29, 1.82) is 0 Å². The quantitative estimate of drug-likeness (QED) is 0.476. The maximum absolute atomic E-state index is 8.70. The number of rotatable bonds is 13. The molecule has 0 saturated heterocycles. The van der Waals surface area contributed by atoms with Crippen LogP contribution in [0, 0.1) is 6.04 Å². The number of nitrogens with two attached hydrogens (primary N) is 1. The first-order valence-electron chi connectivity index (χ1n) is 7.52. The van der Waals surface area contributed by atoms with Gasteiger partial charge in [0.2, 0.25) is 0 Å². The third kappa shape index (κ3) is 13.9. The average Bonchev–Trinajstić information content (AvgIpc) is 2.32. The van der Waals surface area contributed by atoms with Crippen molar-refractivity contribution in [2.24, 2.45) is 5.73 Å². The van der Waals surface area contributed by atoms with Crippen LogP contribution < -0.4 is 5.73 Å². The second kappa shape index (κ2) is 14.0. The van der Waals surface area contributed by atoms with E-state index in [-0.39, 0.29) is 6.61 Å². The standard InChI is InChI=1S/C15H32NO/c1-2-3-4-5-6-7-8-9-10-11-12-15(16)13-14-17/h17H,2-14,16H2,1H3. The summed E-state index contributed by atoms with van der Waals surface area (Å²) in [5, 5.41) is 8.70. The summed E-state index contributed by atoms with van der Waals surface area (Å²) >= 11 is 0. The molecule has 2 nitrogen and oxygen atoms in total. The predicted molar refractivity (Wildman–Crippen MR) is 75.6 cm³/mol. The third-order valence-electron chi connectivity index (χ3n) is 3.28. The van der Waals surface area contributed by atoms with Gasteiger partial charge < -0.3 is 10.8 Å². The highest BCUT2D eigenvalue weighted by molar-refractivity contribution is 4.80. The summed E-state index contributed by atoms with van der Waals surface area (Å²) in [6, 6.07) is 0.965. The van der Waals surface area contributed by atoms with Gasteiger partial charge in [-0.25, -0.2) is 0 Å². The van der Waals surface area contributed by atoms with Crippen molar-refractivity contribution in [2.45, 2.75) is 84.0 Å². The van der Waals surface area contributed by atoms with Gasteiger partial charge >= 0.3 is 0 Å². The van der Waals surface area contributed by atoms with Crippen LogP contribution in [0.1, 0.15) is 84.0 Å². The van der Waals surface area contributed by atoms with E-state index in [0.717, 1.165) is 12.5 Å². The number of aliphatic hydroxyl groups is 1. The summed E-state index contributed by atoms with van der Waals surface area (Å²) in [4.78, 5) is 0. The molecule has 0 bridgehead atoms. The Morgan fingerprint density at radius 3 is 1.71 bits per heavy atom. The lowest BCUT2D eigenvalue weighted by molar-refractivity contribution is 0.288. The van der Waals surface area contributed by atoms with Crippen LogP contribution in [0.3, 0.4) is 0 Å². The van der Waals surface area contributed by atoms with Gasteiger partial charge in [-0.15, -0.1) is 0 Å². The van der Waals surface area contributed by atoms with E-state index in [1.807, 2.05) is 0 Å². The van der Waals surface area contributed by atoms with Crippen molar-refractivity contribution in [3.05, 3.63) is 6.04 Å². The Kier molecular flexibility index (Phi) is 13.9. The highest BCUT2D eigenvalue weighted by Gasteiger charge is 2.01. The molecular weight excluding hydrogens is 210 g/mol. The highest BCUT2D eigenvalue weighted by Crippen LogP contribution is 2.13. The zero-order valence-electron chi connectivity index (χ0n) is 11.7. The first-order chi connectivity index (χ1) is 8.31. The van der Waals surface area contributed by atoms with E-state index in [4.69, 9.17) is 10.8 Å². The molecule has 0 aliphatic heterocycles. The smallest absolute Gasteiger partial charge is 0.0449 e. The normalized spacial score (nSPS) is 11.3. The van der Waals surface area contributed by atoms with Gasteiger partial charge in [0, 0.05) is 12.6 Å². The lowest BCUT2D eigenvalue weighted by atomic mass is 10.0. The Labute approximate surface area is 108 Å². The lowest BCUT2D eigenvalue weighted by Gasteiger charge is -2.08. The Hall–Kier alpha value is -0.0800. The molecule has 1 radical (unpaired) electrons. The van der Waals surface area contributed by atoms with Crippen molar-refractivity contribution in [1.82, 2.24) is 0 Å². The van der Waals surface area contributed by atoms with Crippen molar-refractivity contribution in [3.63, 3.8) is 0 Å². The van der Waals surface area contributed by atoms with Crippen molar-refractivity contribution >= 4 is 0 Å². The molecule has 0 spiro atoms. The molecule has 0 heterocycles. The van der Waals surface area contributed by atoms with Gasteiger partial charge in [0.1, 0.15) is 0 Å². The fraction of sp³-hybridized carbons (Fsp3) is 0.933. The van der Waals surface area contributed by atoms with Gasteiger partial charge in [-0.1, -0.05) is 71.1 Å². The average molecular weight is 242 g/mol. The molecule has 17 heavy (non-hydrogen) atoms. The van der Waals surface area contributed by atoms with E-state index >= 15 is 0 Å². The predicted octanol–water partition coefficient (Wildman–Crippen LogP) is 4.17. The maximum atomic E-state index is 8.70. The molecule has 0 rings (SSSR count). The molecule has 0 amide bonds. The zero-order valence-corrected chi connectivity index (χ0v) is 11.7. The Bertz CT molecular complexity index is 139. The minimum Gasteiger partial charge on any atom is -0.396 e. The van der Waals surface area contributed by atoms with Gasteiger partial charge in [-0.2, -0.15) is 0 Å². The molecule has 2 heteroatoms. The number of hydrogen-bond acceptors (Lipinski definition) is 2. The third-order valence-corrected chi connectivity index (χ3v) is 3.28. The molecular formula is C15H32NO. The molecule has 0 aromatic carbocycles. The first-order valence-corrected chi connectivity index (χ1v) is 7.52. The van der Waals surface area contributed by atoms with Crippen molar-refractivity contribution < 1.29 is 5.11 Å². The van der Waals surface area contributed by atoms with Gasteiger partial charge in [-0.05, 0) is 12.8 Å². The topological polar surface area (TPSA) is 46.2 Å². The van der Waals surface area contributed by atoms with E-state index in [0.29, 0.717) is 6.42 Å². The van der Waals surface area contributed by atoms with Crippen LogP contribution >= 0.6 is 0 Å². The second-order valence-corrected chi connectivity index (χ2v) is 5.06. The highest BCUT2D eigenvalue weighted by atomic mass is 16.3. The van der Waals surface area contributed by atoms with Crippen LogP contribution in [0.2, 0.25) is 0 Å². The fourth-order valence-corrected chi connectivity index (χ4v) is 2.11. The van der Waals surface area contributed by atoms with Crippen molar-refractivity contribution in [3.8, 4) is 0 Å². The fourth-order valence-electron chi connectivity index (χ4n) is 2.11. The van der Waals surface area contributed by atoms with E-state index < -0.39 is 0 Å². The van der Waals surface area contributed by atoms with Crippen LogP contribution in [-0.4, -0.2) is 11.7 Å². The number of unbranched alkanes of at least 4 members (excludes halogenated alkanes) is 9. The first kappa shape index (κ1) is 16.9. The van der Waals surface area contributed by atoms with Crippen LogP contribution in [-0.2, 0) is 0 Å². The molecule has 0 atom stereocenters.